The molecule has 0 fully saturated rings. The molecule has 110 valence electrons. The van der Waals surface area contributed by atoms with Crippen molar-refractivity contribution in [2.75, 3.05) is 26.4 Å². The number of nitrogens with zero attached hydrogens (tertiary/aromatic N) is 3. The Morgan fingerprint density at radius 1 is 1.30 bits per heavy atom. The van der Waals surface area contributed by atoms with Gasteiger partial charge in [0.15, 0.2) is 0 Å². The van der Waals surface area contributed by atoms with Crippen molar-refractivity contribution in [3.05, 3.63) is 24.0 Å². The fourth-order valence-electron chi connectivity index (χ4n) is 2.53. The molecule has 1 heterocycles. The fraction of sp³-hybridized carbons (Fsp3) is 0.562. The average Bonchev–Trinajstić information content (AvgIpc) is 2.68. The van der Waals surface area contributed by atoms with E-state index in [9.17, 15) is 0 Å². The minimum absolute atomic E-state index is 0.598. The molecular formula is C16H26N4. The molecule has 0 radical (unpaired) electrons. The minimum Gasteiger partial charge on any atom is -0.397 e. The van der Waals surface area contributed by atoms with Crippen LogP contribution in [-0.4, -0.2) is 35.1 Å². The highest BCUT2D eigenvalue weighted by Crippen LogP contribution is 2.23. The molecule has 4 nitrogen and oxygen atoms in total. The molecular weight excluding hydrogens is 248 g/mol. The summed E-state index contributed by atoms with van der Waals surface area (Å²) in [5.41, 5.74) is 8.96. The number of aromatic nitrogens is 2. The summed E-state index contributed by atoms with van der Waals surface area (Å²) in [5.74, 6) is 1.76. The van der Waals surface area contributed by atoms with E-state index in [0.717, 1.165) is 43.0 Å². The first-order valence-electron chi connectivity index (χ1n) is 7.37. The topological polar surface area (TPSA) is 47.1 Å². The van der Waals surface area contributed by atoms with Crippen LogP contribution in [0.2, 0.25) is 0 Å². The molecule has 1 aromatic heterocycles. The van der Waals surface area contributed by atoms with Crippen LogP contribution in [-0.2, 0) is 13.0 Å². The maximum atomic E-state index is 6.06. The summed E-state index contributed by atoms with van der Waals surface area (Å²) >= 11 is 0. The third-order valence-electron chi connectivity index (χ3n) is 3.47. The highest BCUT2D eigenvalue weighted by Gasteiger charge is 2.13. The number of rotatable bonds is 6. The van der Waals surface area contributed by atoms with E-state index in [2.05, 4.69) is 43.5 Å². The van der Waals surface area contributed by atoms with E-state index in [-0.39, 0.29) is 0 Å². The number of nitrogens with two attached hydrogens (primary N) is 1. The summed E-state index contributed by atoms with van der Waals surface area (Å²) in [5, 5.41) is 0. The van der Waals surface area contributed by atoms with Crippen molar-refractivity contribution in [3.8, 4) is 0 Å². The Labute approximate surface area is 121 Å². The predicted molar refractivity (Wildman–Crippen MR) is 85.9 cm³/mol. The molecule has 0 unspecified atom stereocenters. The van der Waals surface area contributed by atoms with Crippen LogP contribution < -0.4 is 5.73 Å². The van der Waals surface area contributed by atoms with Crippen LogP contribution >= 0.6 is 0 Å². The van der Waals surface area contributed by atoms with E-state index >= 15 is 0 Å². The van der Waals surface area contributed by atoms with Crippen LogP contribution in [0.5, 0.6) is 0 Å². The molecule has 0 aliphatic rings. The third kappa shape index (κ3) is 3.31. The van der Waals surface area contributed by atoms with Crippen molar-refractivity contribution in [3.63, 3.8) is 0 Å². The number of fused-ring (bicyclic) bond motifs is 1. The number of imidazole rings is 1. The van der Waals surface area contributed by atoms with Gasteiger partial charge in [-0.2, -0.15) is 0 Å². The van der Waals surface area contributed by atoms with Crippen LogP contribution in [0.4, 0.5) is 5.69 Å². The first kappa shape index (κ1) is 14.9. The lowest BCUT2D eigenvalue weighted by Crippen LogP contribution is -2.16. The normalized spacial score (nSPS) is 11.9. The maximum Gasteiger partial charge on any atom is 0.112 e. The van der Waals surface area contributed by atoms with Gasteiger partial charge in [0, 0.05) is 13.0 Å². The van der Waals surface area contributed by atoms with Gasteiger partial charge in [0.2, 0.25) is 0 Å². The van der Waals surface area contributed by atoms with Crippen LogP contribution in [0.25, 0.3) is 11.0 Å². The summed E-state index contributed by atoms with van der Waals surface area (Å²) in [6, 6.07) is 6.07. The molecule has 0 aliphatic carbocycles. The molecule has 0 saturated carbocycles. The zero-order valence-electron chi connectivity index (χ0n) is 13.1. The Morgan fingerprint density at radius 3 is 2.70 bits per heavy atom. The maximum absolute atomic E-state index is 6.06. The van der Waals surface area contributed by atoms with Crippen LogP contribution in [0.15, 0.2) is 18.2 Å². The molecule has 0 saturated heterocycles. The molecule has 0 aliphatic heterocycles. The van der Waals surface area contributed by atoms with Crippen molar-refractivity contribution in [2.24, 2.45) is 5.92 Å². The van der Waals surface area contributed by atoms with E-state index in [1.807, 2.05) is 12.1 Å². The SMILES string of the molecule is CC(C)Cc1nc2c(N)cccc2n1CCCN(C)C. The van der Waals surface area contributed by atoms with E-state index in [1.54, 1.807) is 0 Å². The standard InChI is InChI=1S/C16H26N4/c1-12(2)11-15-18-16-13(17)7-5-8-14(16)20(15)10-6-9-19(3)4/h5,7-8,12H,6,9-11,17H2,1-4H3. The first-order valence-corrected chi connectivity index (χ1v) is 7.37. The van der Waals surface area contributed by atoms with Gasteiger partial charge in [0.05, 0.1) is 11.2 Å². The number of anilines is 1. The third-order valence-corrected chi connectivity index (χ3v) is 3.47. The Kier molecular flexibility index (Phi) is 4.65. The Balaban J connectivity index is 2.34. The molecule has 2 aromatic rings. The van der Waals surface area contributed by atoms with Gasteiger partial charge in [-0.3, -0.25) is 0 Å². The molecule has 2 rings (SSSR count). The second kappa shape index (κ2) is 6.27. The van der Waals surface area contributed by atoms with Crippen molar-refractivity contribution in [1.82, 2.24) is 14.5 Å². The molecule has 0 bridgehead atoms. The Bertz CT molecular complexity index is 569. The minimum atomic E-state index is 0.598. The van der Waals surface area contributed by atoms with Gasteiger partial charge in [0.25, 0.3) is 0 Å². The summed E-state index contributed by atoms with van der Waals surface area (Å²) in [6.45, 7) is 6.54. The largest absolute Gasteiger partial charge is 0.397 e. The lowest BCUT2D eigenvalue weighted by molar-refractivity contribution is 0.385. The summed E-state index contributed by atoms with van der Waals surface area (Å²) < 4.78 is 2.34. The molecule has 0 atom stereocenters. The highest BCUT2D eigenvalue weighted by atomic mass is 15.1. The van der Waals surface area contributed by atoms with Crippen molar-refractivity contribution < 1.29 is 0 Å². The second-order valence-corrected chi connectivity index (χ2v) is 6.15. The van der Waals surface area contributed by atoms with Crippen molar-refractivity contribution in [2.45, 2.75) is 33.2 Å². The second-order valence-electron chi connectivity index (χ2n) is 6.15. The Morgan fingerprint density at radius 2 is 2.05 bits per heavy atom. The monoisotopic (exact) mass is 274 g/mol. The zero-order valence-corrected chi connectivity index (χ0v) is 13.1. The predicted octanol–water partition coefficient (Wildman–Crippen LogP) is 2.77. The van der Waals surface area contributed by atoms with Crippen LogP contribution in [0, 0.1) is 5.92 Å². The van der Waals surface area contributed by atoms with Crippen molar-refractivity contribution in [1.29, 1.82) is 0 Å². The van der Waals surface area contributed by atoms with Gasteiger partial charge in [-0.05, 0) is 45.1 Å². The first-order chi connectivity index (χ1) is 9.49. The van der Waals surface area contributed by atoms with Crippen molar-refractivity contribution >= 4 is 16.7 Å². The number of benzene rings is 1. The van der Waals surface area contributed by atoms with Gasteiger partial charge >= 0.3 is 0 Å². The molecule has 0 spiro atoms. The zero-order chi connectivity index (χ0) is 14.7. The van der Waals surface area contributed by atoms with Gasteiger partial charge in [-0.15, -0.1) is 0 Å². The van der Waals surface area contributed by atoms with Gasteiger partial charge in [-0.1, -0.05) is 19.9 Å². The fourth-order valence-corrected chi connectivity index (χ4v) is 2.53. The lowest BCUT2D eigenvalue weighted by atomic mass is 10.1. The number of hydrogen-bond acceptors (Lipinski definition) is 3. The lowest BCUT2D eigenvalue weighted by Gasteiger charge is -2.13. The number of para-hydroxylation sites is 1. The van der Waals surface area contributed by atoms with E-state index in [1.165, 1.54) is 5.52 Å². The van der Waals surface area contributed by atoms with E-state index < -0.39 is 0 Å². The number of nitrogen functional groups attached to an aromatic ring is 1. The molecule has 0 amide bonds. The van der Waals surface area contributed by atoms with E-state index in [0.29, 0.717) is 5.92 Å². The molecule has 20 heavy (non-hydrogen) atoms. The summed E-state index contributed by atoms with van der Waals surface area (Å²) in [7, 11) is 4.22. The highest BCUT2D eigenvalue weighted by molar-refractivity contribution is 5.87. The van der Waals surface area contributed by atoms with Crippen LogP contribution in [0.1, 0.15) is 26.1 Å². The smallest absolute Gasteiger partial charge is 0.112 e. The summed E-state index contributed by atoms with van der Waals surface area (Å²) in [6.07, 6.45) is 2.12. The number of hydrogen-bond donors (Lipinski definition) is 1. The van der Waals surface area contributed by atoms with E-state index in [4.69, 9.17) is 10.7 Å². The van der Waals surface area contributed by atoms with Gasteiger partial charge in [0.1, 0.15) is 11.3 Å². The summed E-state index contributed by atoms with van der Waals surface area (Å²) in [4.78, 5) is 6.99. The molecule has 1 aromatic carbocycles. The quantitative estimate of drug-likeness (QED) is 0.824. The Hall–Kier alpha value is -1.55. The number of aryl methyl sites for hydroxylation is 1. The van der Waals surface area contributed by atoms with Gasteiger partial charge in [-0.25, -0.2) is 4.98 Å². The van der Waals surface area contributed by atoms with Crippen LogP contribution in [0.3, 0.4) is 0 Å². The molecule has 4 heteroatoms. The molecule has 2 N–H and O–H groups in total. The average molecular weight is 274 g/mol. The van der Waals surface area contributed by atoms with Gasteiger partial charge < -0.3 is 15.2 Å².